The molecule has 1 aliphatic heterocycles. The van der Waals surface area contributed by atoms with E-state index in [1.807, 2.05) is 18.4 Å². The third-order valence-electron chi connectivity index (χ3n) is 8.06. The van der Waals surface area contributed by atoms with Crippen LogP contribution in [0.5, 0.6) is 0 Å². The standard InChI is InChI=1S/C25H33N5O3Si/c1-16-18(14-33-25(2,3)32-4)20(34(11-8-12-34)17-9-6-5-7-10-17)13-19(16)30-15-27-21-22(30)28-24(26)29-23(21)31/h5-7,9-10,15,18-20H,1,8,11-14H2,2-4H3,(H3,26,28,29,31)/t18-,19-,20-/m0/s1. The van der Waals surface area contributed by atoms with Gasteiger partial charge in [0, 0.05) is 13.0 Å². The number of fused-ring (bicyclic) bond motifs is 1. The average Bonchev–Trinajstić information content (AvgIpc) is 3.34. The molecular formula is C25H33N5O3Si. The molecule has 0 spiro atoms. The number of rotatable bonds is 7. The minimum atomic E-state index is -1.77. The van der Waals surface area contributed by atoms with Crippen molar-refractivity contribution in [3.05, 3.63) is 59.2 Å². The highest BCUT2D eigenvalue weighted by molar-refractivity contribution is 6.95. The molecule has 5 rings (SSSR count). The van der Waals surface area contributed by atoms with Gasteiger partial charge in [-0.2, -0.15) is 4.98 Å². The van der Waals surface area contributed by atoms with Crippen LogP contribution in [0, 0.1) is 5.92 Å². The van der Waals surface area contributed by atoms with E-state index in [9.17, 15) is 4.79 Å². The van der Waals surface area contributed by atoms with Gasteiger partial charge in [0.05, 0.1) is 27.0 Å². The van der Waals surface area contributed by atoms with Crippen molar-refractivity contribution in [3.63, 3.8) is 0 Å². The topological polar surface area (TPSA) is 108 Å². The van der Waals surface area contributed by atoms with Gasteiger partial charge < -0.3 is 19.8 Å². The number of ether oxygens (including phenoxy) is 2. The highest BCUT2D eigenvalue weighted by Crippen LogP contribution is 2.57. The molecule has 3 atom stereocenters. The number of nitrogens with one attached hydrogen (secondary N) is 1. The number of benzene rings is 1. The van der Waals surface area contributed by atoms with Crippen LogP contribution in [0.4, 0.5) is 5.95 Å². The van der Waals surface area contributed by atoms with Crippen molar-refractivity contribution in [2.45, 2.75) is 56.1 Å². The molecule has 1 aromatic carbocycles. The zero-order valence-corrected chi connectivity index (χ0v) is 21.1. The van der Waals surface area contributed by atoms with Gasteiger partial charge in [0.15, 0.2) is 17.0 Å². The third-order valence-corrected chi connectivity index (χ3v) is 14.1. The second kappa shape index (κ2) is 8.48. The maximum Gasteiger partial charge on any atom is 0.280 e. The molecule has 3 heterocycles. The van der Waals surface area contributed by atoms with E-state index in [-0.39, 0.29) is 23.5 Å². The maximum atomic E-state index is 12.4. The highest BCUT2D eigenvalue weighted by atomic mass is 28.3. The van der Waals surface area contributed by atoms with Gasteiger partial charge in [-0.3, -0.25) is 9.78 Å². The Morgan fingerprint density at radius 2 is 2.03 bits per heavy atom. The average molecular weight is 480 g/mol. The molecule has 3 aromatic rings. The summed E-state index contributed by atoms with van der Waals surface area (Å²) in [6.45, 7) is 9.00. The van der Waals surface area contributed by atoms with Gasteiger partial charge in [-0.15, -0.1) is 0 Å². The Hall–Kier alpha value is -2.75. The smallest absolute Gasteiger partial charge is 0.280 e. The number of nitrogens with zero attached hydrogens (tertiary/aromatic N) is 3. The van der Waals surface area contributed by atoms with E-state index >= 15 is 0 Å². The fourth-order valence-corrected chi connectivity index (χ4v) is 11.4. The molecule has 8 nitrogen and oxygen atoms in total. The van der Waals surface area contributed by atoms with Crippen molar-refractivity contribution < 1.29 is 9.47 Å². The van der Waals surface area contributed by atoms with Gasteiger partial charge in [0.25, 0.3) is 5.56 Å². The third kappa shape index (κ3) is 3.72. The molecule has 1 saturated heterocycles. The normalized spacial score (nSPS) is 24.4. The molecule has 180 valence electrons. The van der Waals surface area contributed by atoms with Crippen molar-refractivity contribution in [1.82, 2.24) is 19.5 Å². The molecule has 0 bridgehead atoms. The van der Waals surface area contributed by atoms with E-state index in [1.165, 1.54) is 23.7 Å². The summed E-state index contributed by atoms with van der Waals surface area (Å²) >= 11 is 0. The van der Waals surface area contributed by atoms with E-state index in [2.05, 4.69) is 51.9 Å². The van der Waals surface area contributed by atoms with Crippen LogP contribution < -0.4 is 16.5 Å². The number of imidazole rings is 1. The largest absolute Gasteiger partial charge is 0.369 e. The first kappa shape index (κ1) is 23.0. The van der Waals surface area contributed by atoms with Gasteiger partial charge in [-0.1, -0.05) is 60.6 Å². The lowest BCUT2D eigenvalue weighted by Gasteiger charge is -2.47. The summed E-state index contributed by atoms with van der Waals surface area (Å²) in [7, 11) is -0.101. The first-order chi connectivity index (χ1) is 16.3. The number of nitrogens with two attached hydrogens (primary N) is 1. The van der Waals surface area contributed by atoms with Crippen LogP contribution in [-0.4, -0.2) is 47.1 Å². The zero-order chi connectivity index (χ0) is 24.1. The van der Waals surface area contributed by atoms with Gasteiger partial charge in [0.1, 0.15) is 0 Å². The summed E-state index contributed by atoms with van der Waals surface area (Å²) in [5, 5.41) is 1.52. The summed E-state index contributed by atoms with van der Waals surface area (Å²) in [5.74, 6) is -0.395. The minimum Gasteiger partial charge on any atom is -0.369 e. The van der Waals surface area contributed by atoms with E-state index in [0.29, 0.717) is 23.3 Å². The summed E-state index contributed by atoms with van der Waals surface area (Å²) in [6, 6.07) is 13.6. The zero-order valence-electron chi connectivity index (χ0n) is 20.1. The minimum absolute atomic E-state index is 0.0170. The number of hydrogen-bond acceptors (Lipinski definition) is 6. The van der Waals surface area contributed by atoms with Crippen LogP contribution in [-0.2, 0) is 9.47 Å². The van der Waals surface area contributed by atoms with Crippen LogP contribution in [0.3, 0.4) is 0 Å². The number of methoxy groups -OCH3 is 1. The number of anilines is 1. The Morgan fingerprint density at radius 3 is 2.68 bits per heavy atom. The molecule has 2 aromatic heterocycles. The van der Waals surface area contributed by atoms with Gasteiger partial charge in [0.2, 0.25) is 5.95 Å². The summed E-state index contributed by atoms with van der Waals surface area (Å²) < 4.78 is 13.8. The van der Waals surface area contributed by atoms with Crippen molar-refractivity contribution in [3.8, 4) is 0 Å². The molecule has 9 heteroatoms. The molecule has 0 amide bonds. The molecule has 2 fully saturated rings. The Labute approximate surface area is 200 Å². The molecule has 34 heavy (non-hydrogen) atoms. The predicted molar refractivity (Wildman–Crippen MR) is 136 cm³/mol. The van der Waals surface area contributed by atoms with Gasteiger partial charge in [-0.25, -0.2) is 4.98 Å². The number of aromatic nitrogens is 4. The van der Waals surface area contributed by atoms with Gasteiger partial charge in [-0.05, 0) is 31.4 Å². The maximum absolute atomic E-state index is 12.4. The molecule has 0 radical (unpaired) electrons. The Balaban J connectivity index is 1.56. The Kier molecular flexibility index (Phi) is 5.74. The summed E-state index contributed by atoms with van der Waals surface area (Å²) in [6.07, 6.45) is 3.91. The fraction of sp³-hybridized carbons (Fsp3) is 0.480. The van der Waals surface area contributed by atoms with E-state index in [1.54, 1.807) is 13.4 Å². The lowest BCUT2D eigenvalue weighted by atomic mass is 10.0. The monoisotopic (exact) mass is 479 g/mol. The van der Waals surface area contributed by atoms with Crippen LogP contribution in [0.1, 0.15) is 32.7 Å². The summed E-state index contributed by atoms with van der Waals surface area (Å²) in [5.41, 5.74) is 7.93. The fourth-order valence-electron chi connectivity index (χ4n) is 5.91. The second-order valence-electron chi connectivity index (χ2n) is 10.1. The Bertz CT molecular complexity index is 1260. The number of nitrogen functional groups attached to an aromatic ring is 1. The molecule has 3 N–H and O–H groups in total. The van der Waals surface area contributed by atoms with Crippen LogP contribution in [0.15, 0.2) is 53.6 Å². The Morgan fingerprint density at radius 1 is 1.29 bits per heavy atom. The van der Waals surface area contributed by atoms with Crippen molar-refractivity contribution in [2.24, 2.45) is 5.92 Å². The molecule has 1 aliphatic carbocycles. The predicted octanol–water partition coefficient (Wildman–Crippen LogP) is 3.35. The lowest BCUT2D eigenvalue weighted by Crippen LogP contribution is -2.58. The first-order valence-electron chi connectivity index (χ1n) is 11.9. The lowest BCUT2D eigenvalue weighted by molar-refractivity contribution is -0.201. The number of hydrogen-bond donors (Lipinski definition) is 2. The first-order valence-corrected chi connectivity index (χ1v) is 14.4. The van der Waals surface area contributed by atoms with Crippen LogP contribution in [0.2, 0.25) is 17.6 Å². The van der Waals surface area contributed by atoms with Crippen molar-refractivity contribution in [1.29, 1.82) is 0 Å². The second-order valence-corrected chi connectivity index (χ2v) is 14.7. The highest BCUT2D eigenvalue weighted by Gasteiger charge is 2.55. The summed E-state index contributed by atoms with van der Waals surface area (Å²) in [4.78, 5) is 23.7. The quantitative estimate of drug-likeness (QED) is 0.306. The van der Waals surface area contributed by atoms with E-state index in [4.69, 9.17) is 15.2 Å². The molecular weight excluding hydrogens is 446 g/mol. The molecule has 1 saturated carbocycles. The van der Waals surface area contributed by atoms with E-state index < -0.39 is 13.9 Å². The van der Waals surface area contributed by atoms with Crippen LogP contribution >= 0.6 is 0 Å². The van der Waals surface area contributed by atoms with Gasteiger partial charge >= 0.3 is 0 Å². The van der Waals surface area contributed by atoms with Crippen molar-refractivity contribution in [2.75, 3.05) is 19.5 Å². The van der Waals surface area contributed by atoms with Crippen LogP contribution in [0.25, 0.3) is 11.2 Å². The molecule has 0 unspecified atom stereocenters. The number of aromatic amines is 1. The van der Waals surface area contributed by atoms with E-state index in [0.717, 1.165) is 12.0 Å². The molecule has 2 aliphatic rings. The van der Waals surface area contributed by atoms with Crippen molar-refractivity contribution >= 4 is 30.4 Å². The SMILES string of the molecule is C=C1[C@H](COC(C)(C)OC)[C@@H]([Si]2(c3ccccc3)CCC2)C[C@@H]1n1cnc2c(=O)[nH]c(N)nc21. The number of H-pyrrole nitrogens is 1.